The maximum absolute atomic E-state index is 13.6. The van der Waals surface area contributed by atoms with E-state index < -0.39 is 6.04 Å². The van der Waals surface area contributed by atoms with Crippen LogP contribution in [-0.2, 0) is 17.9 Å². The number of hydrogen-bond acceptors (Lipinski definition) is 4. The third-order valence-electron chi connectivity index (χ3n) is 6.67. The van der Waals surface area contributed by atoms with Crippen molar-refractivity contribution in [1.29, 1.82) is 0 Å². The molecule has 7 nitrogen and oxygen atoms in total. The molecule has 0 spiro atoms. The quantitative estimate of drug-likeness (QED) is 0.596. The van der Waals surface area contributed by atoms with Gasteiger partial charge in [0.25, 0.3) is 11.8 Å². The molecule has 2 aliphatic rings. The zero-order chi connectivity index (χ0) is 24.4. The smallest absolute Gasteiger partial charge is 0.256 e. The lowest BCUT2D eigenvalue weighted by atomic mass is 10.0. The molecule has 5 rings (SSSR count). The average molecular weight is 470 g/mol. The summed E-state index contributed by atoms with van der Waals surface area (Å²) >= 11 is 0. The van der Waals surface area contributed by atoms with Gasteiger partial charge in [0.05, 0.1) is 24.9 Å². The molecule has 178 valence electrons. The number of ether oxygens (including phenoxy) is 1. The van der Waals surface area contributed by atoms with Gasteiger partial charge in [-0.25, -0.2) is 0 Å². The molecule has 2 aliphatic heterocycles. The van der Waals surface area contributed by atoms with Crippen LogP contribution in [0.2, 0.25) is 0 Å². The first kappa shape index (κ1) is 22.7. The summed E-state index contributed by atoms with van der Waals surface area (Å²) in [5, 5.41) is 2.97. The highest BCUT2D eigenvalue weighted by Gasteiger charge is 2.42. The fourth-order valence-corrected chi connectivity index (χ4v) is 4.88. The van der Waals surface area contributed by atoms with Crippen LogP contribution in [0.15, 0.2) is 72.8 Å². The molecule has 0 aromatic heterocycles. The Morgan fingerprint density at radius 3 is 2.69 bits per heavy atom. The molecule has 1 atom stereocenters. The fourth-order valence-electron chi connectivity index (χ4n) is 4.88. The Hall–Kier alpha value is -4.13. The molecule has 7 heteroatoms. The largest absolute Gasteiger partial charge is 0.497 e. The van der Waals surface area contributed by atoms with Crippen LogP contribution in [-0.4, -0.2) is 42.3 Å². The molecule has 0 aliphatic carbocycles. The summed E-state index contributed by atoms with van der Waals surface area (Å²) in [4.78, 5) is 43.3. The summed E-state index contributed by atoms with van der Waals surface area (Å²) < 4.78 is 5.26. The number of amides is 3. The number of benzene rings is 3. The molecule has 3 amide bonds. The molecular weight excluding hydrogens is 442 g/mol. The number of hydrogen-bond donors (Lipinski definition) is 1. The first-order chi connectivity index (χ1) is 17.1. The van der Waals surface area contributed by atoms with Gasteiger partial charge in [0.2, 0.25) is 5.91 Å². The lowest BCUT2D eigenvalue weighted by Gasteiger charge is -2.26. The second-order valence-corrected chi connectivity index (χ2v) is 8.79. The van der Waals surface area contributed by atoms with Crippen molar-refractivity contribution in [2.75, 3.05) is 18.6 Å². The van der Waals surface area contributed by atoms with Crippen molar-refractivity contribution in [3.05, 3.63) is 95.1 Å². The highest BCUT2D eigenvalue weighted by molar-refractivity contribution is 6.11. The maximum atomic E-state index is 13.6. The van der Waals surface area contributed by atoms with E-state index in [4.69, 9.17) is 4.74 Å². The number of para-hydroxylation sites is 1. The Labute approximate surface area is 204 Å². The maximum Gasteiger partial charge on any atom is 0.256 e. The van der Waals surface area contributed by atoms with Crippen molar-refractivity contribution in [3.63, 3.8) is 0 Å². The van der Waals surface area contributed by atoms with Crippen molar-refractivity contribution < 1.29 is 19.1 Å². The van der Waals surface area contributed by atoms with Gasteiger partial charge >= 0.3 is 0 Å². The summed E-state index contributed by atoms with van der Waals surface area (Å²) in [6.45, 7) is 1.14. The standard InChI is InChI=1S/C28H27N3O4/c1-35-21-10-6-8-19(16-21)17-29-26(32)22-11-3-2-9-20(22)18-31-24-13-5-4-12-23(24)27(33)30-15-7-14-25(30)28(31)34/h2-6,8-13,16,25H,7,14-15,17-18H2,1H3,(H,29,32)/t25-/m0/s1. The number of anilines is 1. The van der Waals surface area contributed by atoms with E-state index >= 15 is 0 Å². The minimum Gasteiger partial charge on any atom is -0.497 e. The van der Waals surface area contributed by atoms with Gasteiger partial charge in [-0.15, -0.1) is 0 Å². The van der Waals surface area contributed by atoms with E-state index in [2.05, 4.69) is 5.32 Å². The van der Waals surface area contributed by atoms with Crippen LogP contribution in [0.1, 0.15) is 44.7 Å². The molecule has 0 radical (unpaired) electrons. The van der Waals surface area contributed by atoms with Crippen LogP contribution < -0.4 is 15.0 Å². The molecule has 1 saturated heterocycles. The van der Waals surface area contributed by atoms with Crippen LogP contribution in [0, 0.1) is 0 Å². The number of rotatable bonds is 6. The van der Waals surface area contributed by atoms with Crippen LogP contribution in [0.4, 0.5) is 5.69 Å². The molecule has 0 saturated carbocycles. The van der Waals surface area contributed by atoms with E-state index in [-0.39, 0.29) is 24.3 Å². The Morgan fingerprint density at radius 1 is 1.03 bits per heavy atom. The second kappa shape index (κ2) is 9.62. The minimum absolute atomic E-state index is 0.104. The molecule has 2 heterocycles. The predicted octanol–water partition coefficient (Wildman–Crippen LogP) is 3.78. The van der Waals surface area contributed by atoms with Crippen LogP contribution in [0.25, 0.3) is 0 Å². The Kier molecular flexibility index (Phi) is 6.23. The SMILES string of the molecule is COc1cccc(CNC(=O)c2ccccc2CN2C(=O)[C@@H]3CCCN3C(=O)c3ccccc32)c1. The third kappa shape index (κ3) is 4.37. The topological polar surface area (TPSA) is 79.0 Å². The van der Waals surface area contributed by atoms with E-state index in [1.807, 2.05) is 54.6 Å². The normalized spacial score (nSPS) is 17.0. The van der Waals surface area contributed by atoms with Crippen LogP contribution in [0.3, 0.4) is 0 Å². The van der Waals surface area contributed by atoms with Gasteiger partial charge in [0, 0.05) is 18.7 Å². The molecule has 35 heavy (non-hydrogen) atoms. The zero-order valence-corrected chi connectivity index (χ0v) is 19.6. The fraction of sp³-hybridized carbons (Fsp3) is 0.250. The van der Waals surface area contributed by atoms with Gasteiger partial charge in [-0.2, -0.15) is 0 Å². The summed E-state index contributed by atoms with van der Waals surface area (Å²) in [5.74, 6) is 0.291. The number of nitrogens with zero attached hydrogens (tertiary/aromatic N) is 2. The summed E-state index contributed by atoms with van der Waals surface area (Å²) in [7, 11) is 1.61. The summed E-state index contributed by atoms with van der Waals surface area (Å²) in [6, 6.07) is 21.6. The Morgan fingerprint density at radius 2 is 1.83 bits per heavy atom. The van der Waals surface area contributed by atoms with Gasteiger partial charge in [-0.1, -0.05) is 42.5 Å². The highest BCUT2D eigenvalue weighted by Crippen LogP contribution is 2.33. The first-order valence-electron chi connectivity index (χ1n) is 11.8. The van der Waals surface area contributed by atoms with Crippen LogP contribution >= 0.6 is 0 Å². The molecule has 3 aromatic rings. The number of carbonyl (C=O) groups excluding carboxylic acids is 3. The van der Waals surface area contributed by atoms with Gasteiger partial charge in [-0.05, 0) is 54.3 Å². The molecule has 0 bridgehead atoms. The lowest BCUT2D eigenvalue weighted by molar-refractivity contribution is -0.122. The van der Waals surface area contributed by atoms with Gasteiger partial charge < -0.3 is 19.9 Å². The second-order valence-electron chi connectivity index (χ2n) is 8.79. The predicted molar refractivity (Wildman–Crippen MR) is 132 cm³/mol. The lowest BCUT2D eigenvalue weighted by Crippen LogP contribution is -2.44. The van der Waals surface area contributed by atoms with Gasteiger partial charge in [-0.3, -0.25) is 14.4 Å². The monoisotopic (exact) mass is 469 g/mol. The van der Waals surface area contributed by atoms with Crippen molar-refractivity contribution >= 4 is 23.4 Å². The highest BCUT2D eigenvalue weighted by atomic mass is 16.5. The van der Waals surface area contributed by atoms with E-state index in [9.17, 15) is 14.4 Å². The number of carbonyl (C=O) groups is 3. The van der Waals surface area contributed by atoms with E-state index in [0.717, 1.165) is 23.3 Å². The third-order valence-corrected chi connectivity index (χ3v) is 6.67. The number of fused-ring (bicyclic) bond motifs is 2. The Balaban J connectivity index is 1.42. The van der Waals surface area contributed by atoms with E-state index in [0.29, 0.717) is 36.3 Å². The minimum atomic E-state index is -0.469. The molecule has 0 unspecified atom stereocenters. The summed E-state index contributed by atoms with van der Waals surface area (Å²) in [6.07, 6.45) is 1.46. The zero-order valence-electron chi connectivity index (χ0n) is 19.6. The van der Waals surface area contributed by atoms with Gasteiger partial charge in [0.15, 0.2) is 0 Å². The summed E-state index contributed by atoms with van der Waals surface area (Å²) in [5.41, 5.74) is 3.25. The average Bonchev–Trinajstić information content (AvgIpc) is 3.37. The number of methoxy groups -OCH3 is 1. The molecule has 3 aromatic carbocycles. The van der Waals surface area contributed by atoms with Crippen molar-refractivity contribution in [2.24, 2.45) is 0 Å². The van der Waals surface area contributed by atoms with Crippen molar-refractivity contribution in [2.45, 2.75) is 32.0 Å². The molecule has 1 N–H and O–H groups in total. The Bertz CT molecular complexity index is 1290. The molecule has 1 fully saturated rings. The van der Waals surface area contributed by atoms with E-state index in [1.165, 1.54) is 0 Å². The van der Waals surface area contributed by atoms with Crippen molar-refractivity contribution in [1.82, 2.24) is 10.2 Å². The van der Waals surface area contributed by atoms with Gasteiger partial charge in [0.1, 0.15) is 11.8 Å². The molecular formula is C28H27N3O4. The first-order valence-corrected chi connectivity index (χ1v) is 11.8. The van der Waals surface area contributed by atoms with Crippen molar-refractivity contribution in [3.8, 4) is 5.75 Å². The van der Waals surface area contributed by atoms with E-state index in [1.54, 1.807) is 35.1 Å². The number of nitrogens with one attached hydrogen (secondary N) is 1. The van der Waals surface area contributed by atoms with Crippen LogP contribution in [0.5, 0.6) is 5.75 Å².